The van der Waals surface area contributed by atoms with Gasteiger partial charge in [-0.25, -0.2) is 0 Å². The standard InChI is InChI=1S/C13H18BrNO2/c1-17-9-7-10(12(16)11(14)8-9)13(15)5-3-2-4-6-13/h7-8,16H,2-6,15H2,1H3. The first kappa shape index (κ1) is 12.7. The fourth-order valence-electron chi connectivity index (χ4n) is 2.52. The van der Waals surface area contributed by atoms with Crippen molar-refractivity contribution in [2.24, 2.45) is 5.73 Å². The van der Waals surface area contributed by atoms with Gasteiger partial charge in [0, 0.05) is 11.1 Å². The molecular formula is C13H18BrNO2. The molecule has 94 valence electrons. The van der Waals surface area contributed by atoms with Crippen LogP contribution < -0.4 is 10.5 Å². The molecule has 0 heterocycles. The summed E-state index contributed by atoms with van der Waals surface area (Å²) in [5.41, 5.74) is 6.81. The minimum absolute atomic E-state index is 0.246. The Labute approximate surface area is 110 Å². The highest BCUT2D eigenvalue weighted by Gasteiger charge is 2.33. The molecule has 4 heteroatoms. The van der Waals surface area contributed by atoms with Crippen LogP contribution >= 0.6 is 15.9 Å². The highest BCUT2D eigenvalue weighted by Crippen LogP contribution is 2.43. The van der Waals surface area contributed by atoms with Crippen LogP contribution in [0, 0.1) is 0 Å². The normalized spacial score (nSPS) is 19.0. The van der Waals surface area contributed by atoms with Gasteiger partial charge >= 0.3 is 0 Å². The van der Waals surface area contributed by atoms with Gasteiger partial charge in [-0.2, -0.15) is 0 Å². The molecule has 0 aromatic heterocycles. The van der Waals surface area contributed by atoms with Crippen LogP contribution in [0.2, 0.25) is 0 Å². The van der Waals surface area contributed by atoms with Crippen LogP contribution in [-0.4, -0.2) is 12.2 Å². The maximum absolute atomic E-state index is 10.2. The van der Waals surface area contributed by atoms with Crippen LogP contribution in [0.3, 0.4) is 0 Å². The van der Waals surface area contributed by atoms with Crippen molar-refractivity contribution < 1.29 is 9.84 Å². The van der Waals surface area contributed by atoms with Gasteiger partial charge in [0.25, 0.3) is 0 Å². The molecule has 0 bridgehead atoms. The van der Waals surface area contributed by atoms with Crippen molar-refractivity contribution in [3.8, 4) is 11.5 Å². The minimum Gasteiger partial charge on any atom is -0.506 e. The Morgan fingerprint density at radius 3 is 2.53 bits per heavy atom. The largest absolute Gasteiger partial charge is 0.506 e. The molecule has 0 unspecified atom stereocenters. The summed E-state index contributed by atoms with van der Waals surface area (Å²) in [5.74, 6) is 0.968. The van der Waals surface area contributed by atoms with Crippen molar-refractivity contribution in [2.45, 2.75) is 37.6 Å². The highest BCUT2D eigenvalue weighted by molar-refractivity contribution is 9.10. The molecule has 1 saturated carbocycles. The lowest BCUT2D eigenvalue weighted by Crippen LogP contribution is -2.38. The Kier molecular flexibility index (Phi) is 3.64. The van der Waals surface area contributed by atoms with Gasteiger partial charge in [0.1, 0.15) is 11.5 Å². The van der Waals surface area contributed by atoms with Crippen LogP contribution in [0.15, 0.2) is 16.6 Å². The molecule has 17 heavy (non-hydrogen) atoms. The molecule has 0 spiro atoms. The third kappa shape index (κ3) is 2.43. The van der Waals surface area contributed by atoms with E-state index in [1.807, 2.05) is 6.07 Å². The Bertz CT molecular complexity index is 414. The van der Waals surface area contributed by atoms with Gasteiger partial charge in [0.15, 0.2) is 0 Å². The highest BCUT2D eigenvalue weighted by atomic mass is 79.9. The van der Waals surface area contributed by atoms with Crippen LogP contribution in [-0.2, 0) is 5.54 Å². The van der Waals surface area contributed by atoms with E-state index in [-0.39, 0.29) is 5.75 Å². The van der Waals surface area contributed by atoms with Crippen LogP contribution in [0.1, 0.15) is 37.7 Å². The fourth-order valence-corrected chi connectivity index (χ4v) is 2.96. The molecular weight excluding hydrogens is 282 g/mol. The zero-order valence-electron chi connectivity index (χ0n) is 10.0. The molecule has 1 aromatic rings. The van der Waals surface area contributed by atoms with E-state index in [0.29, 0.717) is 4.47 Å². The van der Waals surface area contributed by atoms with Crippen molar-refractivity contribution in [1.82, 2.24) is 0 Å². The number of rotatable bonds is 2. The van der Waals surface area contributed by atoms with Gasteiger partial charge in [-0.15, -0.1) is 0 Å². The van der Waals surface area contributed by atoms with E-state index in [9.17, 15) is 5.11 Å². The molecule has 1 fully saturated rings. The first-order valence-electron chi connectivity index (χ1n) is 5.93. The maximum Gasteiger partial charge on any atom is 0.135 e. The first-order chi connectivity index (χ1) is 8.07. The molecule has 0 aliphatic heterocycles. The zero-order chi connectivity index (χ0) is 12.5. The van der Waals surface area contributed by atoms with Crippen LogP contribution in [0.4, 0.5) is 0 Å². The van der Waals surface area contributed by atoms with E-state index < -0.39 is 5.54 Å². The number of ether oxygens (including phenoxy) is 1. The predicted molar refractivity (Wildman–Crippen MR) is 71.3 cm³/mol. The van der Waals surface area contributed by atoms with E-state index in [1.165, 1.54) is 6.42 Å². The van der Waals surface area contributed by atoms with Crippen molar-refractivity contribution in [2.75, 3.05) is 7.11 Å². The lowest BCUT2D eigenvalue weighted by Gasteiger charge is -2.34. The SMILES string of the molecule is COc1cc(Br)c(O)c(C2(N)CCCCC2)c1. The molecule has 0 radical (unpaired) electrons. The van der Waals surface area contributed by atoms with Gasteiger partial charge in [-0.05, 0) is 40.9 Å². The fraction of sp³-hybridized carbons (Fsp3) is 0.538. The van der Waals surface area contributed by atoms with Gasteiger partial charge in [0.2, 0.25) is 0 Å². The molecule has 1 aliphatic rings. The van der Waals surface area contributed by atoms with Crippen LogP contribution in [0.5, 0.6) is 11.5 Å². The quantitative estimate of drug-likeness (QED) is 0.881. The Morgan fingerprint density at radius 2 is 1.94 bits per heavy atom. The summed E-state index contributed by atoms with van der Waals surface area (Å²) in [6.45, 7) is 0. The Hall–Kier alpha value is -0.740. The zero-order valence-corrected chi connectivity index (χ0v) is 11.6. The number of aromatic hydroxyl groups is 1. The van der Waals surface area contributed by atoms with E-state index in [4.69, 9.17) is 10.5 Å². The topological polar surface area (TPSA) is 55.5 Å². The summed E-state index contributed by atoms with van der Waals surface area (Å²) in [5, 5.41) is 10.2. The van der Waals surface area contributed by atoms with Crippen molar-refractivity contribution in [3.05, 3.63) is 22.2 Å². The number of phenols is 1. The van der Waals surface area contributed by atoms with E-state index >= 15 is 0 Å². The molecule has 2 rings (SSSR count). The number of phenolic OH excluding ortho intramolecular Hbond substituents is 1. The maximum atomic E-state index is 10.2. The number of nitrogens with two attached hydrogens (primary N) is 1. The van der Waals surface area contributed by atoms with E-state index in [1.54, 1.807) is 13.2 Å². The monoisotopic (exact) mass is 299 g/mol. The number of methoxy groups -OCH3 is 1. The van der Waals surface area contributed by atoms with Gasteiger partial charge < -0.3 is 15.6 Å². The Morgan fingerprint density at radius 1 is 1.29 bits per heavy atom. The number of halogens is 1. The molecule has 1 aliphatic carbocycles. The summed E-state index contributed by atoms with van der Waals surface area (Å²) in [7, 11) is 1.62. The minimum atomic E-state index is -0.417. The molecule has 3 N–H and O–H groups in total. The van der Waals surface area contributed by atoms with Gasteiger partial charge in [-0.1, -0.05) is 19.3 Å². The second kappa shape index (κ2) is 4.86. The van der Waals surface area contributed by atoms with Crippen molar-refractivity contribution in [1.29, 1.82) is 0 Å². The molecule has 3 nitrogen and oxygen atoms in total. The third-order valence-electron chi connectivity index (χ3n) is 3.55. The molecule has 0 saturated heterocycles. The number of hydrogen-bond acceptors (Lipinski definition) is 3. The summed E-state index contributed by atoms with van der Waals surface area (Å²) in [4.78, 5) is 0. The smallest absolute Gasteiger partial charge is 0.135 e. The lowest BCUT2D eigenvalue weighted by atomic mass is 9.77. The van der Waals surface area contributed by atoms with Gasteiger partial charge in [-0.3, -0.25) is 0 Å². The first-order valence-corrected chi connectivity index (χ1v) is 6.72. The van der Waals surface area contributed by atoms with E-state index in [2.05, 4.69) is 15.9 Å². The predicted octanol–water partition coefficient (Wildman–Crippen LogP) is 3.28. The average molecular weight is 300 g/mol. The summed E-state index contributed by atoms with van der Waals surface area (Å²) in [6.07, 6.45) is 5.29. The lowest BCUT2D eigenvalue weighted by molar-refractivity contribution is 0.290. The third-order valence-corrected chi connectivity index (χ3v) is 4.16. The molecule has 0 amide bonds. The number of hydrogen-bond donors (Lipinski definition) is 2. The number of benzene rings is 1. The second-order valence-corrected chi connectivity index (χ2v) is 5.58. The summed E-state index contributed by atoms with van der Waals surface area (Å²) in [6, 6.07) is 3.61. The summed E-state index contributed by atoms with van der Waals surface area (Å²) < 4.78 is 5.87. The second-order valence-electron chi connectivity index (χ2n) is 4.72. The average Bonchev–Trinajstić information content (AvgIpc) is 2.33. The van der Waals surface area contributed by atoms with Crippen molar-refractivity contribution >= 4 is 15.9 Å². The molecule has 0 atom stereocenters. The van der Waals surface area contributed by atoms with Crippen molar-refractivity contribution in [3.63, 3.8) is 0 Å². The van der Waals surface area contributed by atoms with Crippen LogP contribution in [0.25, 0.3) is 0 Å². The van der Waals surface area contributed by atoms with E-state index in [0.717, 1.165) is 37.0 Å². The summed E-state index contributed by atoms with van der Waals surface area (Å²) >= 11 is 3.34. The Balaban J connectivity index is 2.45. The van der Waals surface area contributed by atoms with Gasteiger partial charge in [0.05, 0.1) is 11.6 Å². The molecule has 1 aromatic carbocycles.